The average molecular weight is 312 g/mol. The lowest BCUT2D eigenvalue weighted by molar-refractivity contribution is 0.131. The third-order valence-corrected chi connectivity index (χ3v) is 3.22. The Bertz CT molecular complexity index is 761. The van der Waals surface area contributed by atoms with Crippen LogP contribution in [0.4, 0.5) is 14.9 Å². The number of carbonyl (C=O) groups is 1. The summed E-state index contributed by atoms with van der Waals surface area (Å²) >= 11 is 0. The Labute approximate surface area is 134 Å². The second kappa shape index (κ2) is 7.32. The van der Waals surface area contributed by atoms with Crippen molar-refractivity contribution in [1.82, 2.24) is 4.90 Å². The molecule has 118 valence electrons. The van der Waals surface area contributed by atoms with Crippen LogP contribution in [0.15, 0.2) is 42.5 Å². The van der Waals surface area contributed by atoms with Gasteiger partial charge in [-0.1, -0.05) is 24.0 Å². The minimum Gasteiger partial charge on any atom is -0.453 e. The maximum atomic E-state index is 13.0. The molecule has 1 amide bonds. The van der Waals surface area contributed by atoms with Crippen molar-refractivity contribution in [2.75, 3.05) is 19.9 Å². The van der Waals surface area contributed by atoms with Gasteiger partial charge in [0.1, 0.15) is 5.82 Å². The summed E-state index contributed by atoms with van der Waals surface area (Å²) in [6.07, 6.45) is -0.388. The molecule has 0 aliphatic heterocycles. The van der Waals surface area contributed by atoms with E-state index in [1.807, 2.05) is 24.3 Å². The number of benzene rings is 2. The van der Waals surface area contributed by atoms with Gasteiger partial charge >= 0.3 is 6.09 Å². The number of amides is 1. The molecule has 2 N–H and O–H groups in total. The van der Waals surface area contributed by atoms with E-state index in [-0.39, 0.29) is 11.9 Å². The zero-order valence-corrected chi connectivity index (χ0v) is 13.0. The first-order valence-corrected chi connectivity index (χ1v) is 6.94. The number of hydrogen-bond donors (Lipinski definition) is 1. The standard InChI is InChI=1S/C18H17FN2O2/c1-21(18(22)23-2)12-14-5-3-13(4-6-14)7-8-15-9-10-16(19)11-17(15)20/h3-6,9-11H,12,20H2,1-2H3. The molecule has 0 fully saturated rings. The van der Waals surface area contributed by atoms with E-state index in [0.717, 1.165) is 11.1 Å². The van der Waals surface area contributed by atoms with E-state index in [2.05, 4.69) is 16.6 Å². The molecular weight excluding hydrogens is 295 g/mol. The Morgan fingerprint density at radius 2 is 1.91 bits per heavy atom. The van der Waals surface area contributed by atoms with Gasteiger partial charge in [0.15, 0.2) is 0 Å². The zero-order valence-electron chi connectivity index (χ0n) is 13.0. The summed E-state index contributed by atoms with van der Waals surface area (Å²) in [6, 6.07) is 11.6. The molecule has 5 heteroatoms. The minimum absolute atomic E-state index is 0.314. The van der Waals surface area contributed by atoms with Crippen molar-refractivity contribution in [3.63, 3.8) is 0 Å². The van der Waals surface area contributed by atoms with Crippen molar-refractivity contribution < 1.29 is 13.9 Å². The number of nitrogens with zero attached hydrogens (tertiary/aromatic N) is 1. The second-order valence-electron chi connectivity index (χ2n) is 5.00. The highest BCUT2D eigenvalue weighted by atomic mass is 19.1. The van der Waals surface area contributed by atoms with Crippen LogP contribution in [-0.4, -0.2) is 25.2 Å². The van der Waals surface area contributed by atoms with Crippen LogP contribution in [0, 0.1) is 17.7 Å². The Morgan fingerprint density at radius 3 is 2.52 bits per heavy atom. The van der Waals surface area contributed by atoms with Gasteiger partial charge in [-0.3, -0.25) is 0 Å². The van der Waals surface area contributed by atoms with Crippen LogP contribution in [0.2, 0.25) is 0 Å². The van der Waals surface area contributed by atoms with E-state index in [0.29, 0.717) is 17.8 Å². The molecule has 0 bridgehead atoms. The summed E-state index contributed by atoms with van der Waals surface area (Å²) < 4.78 is 17.6. The summed E-state index contributed by atoms with van der Waals surface area (Å²) in [7, 11) is 3.01. The molecule has 0 aliphatic carbocycles. The number of halogens is 1. The van der Waals surface area contributed by atoms with E-state index in [9.17, 15) is 9.18 Å². The summed E-state index contributed by atoms with van der Waals surface area (Å²) in [5.74, 6) is 5.51. The summed E-state index contributed by atoms with van der Waals surface area (Å²) in [5, 5.41) is 0. The predicted molar refractivity (Wildman–Crippen MR) is 87.1 cm³/mol. The smallest absolute Gasteiger partial charge is 0.409 e. The van der Waals surface area contributed by atoms with Gasteiger partial charge in [-0.15, -0.1) is 0 Å². The van der Waals surface area contributed by atoms with E-state index in [1.165, 1.54) is 24.1 Å². The van der Waals surface area contributed by atoms with Crippen molar-refractivity contribution in [2.45, 2.75) is 6.54 Å². The third-order valence-electron chi connectivity index (χ3n) is 3.22. The van der Waals surface area contributed by atoms with Crippen LogP contribution in [0.1, 0.15) is 16.7 Å². The molecular formula is C18H17FN2O2. The van der Waals surface area contributed by atoms with Gasteiger partial charge in [-0.2, -0.15) is 0 Å². The van der Waals surface area contributed by atoms with Gasteiger partial charge in [-0.05, 0) is 35.9 Å². The molecule has 0 saturated carbocycles. The summed E-state index contributed by atoms with van der Waals surface area (Å²) in [4.78, 5) is 12.8. The van der Waals surface area contributed by atoms with Crippen LogP contribution < -0.4 is 5.73 Å². The number of rotatable bonds is 2. The molecule has 2 aromatic rings. The fraction of sp³-hybridized carbons (Fsp3) is 0.167. The maximum absolute atomic E-state index is 13.0. The second-order valence-corrected chi connectivity index (χ2v) is 5.00. The molecule has 0 aliphatic rings. The highest BCUT2D eigenvalue weighted by Crippen LogP contribution is 2.12. The first-order valence-electron chi connectivity index (χ1n) is 6.94. The molecule has 0 unspecified atom stereocenters. The van der Waals surface area contributed by atoms with Crippen molar-refractivity contribution in [2.24, 2.45) is 0 Å². The van der Waals surface area contributed by atoms with Crippen molar-refractivity contribution >= 4 is 11.8 Å². The van der Waals surface area contributed by atoms with Gasteiger partial charge < -0.3 is 15.4 Å². The van der Waals surface area contributed by atoms with E-state index in [1.54, 1.807) is 13.1 Å². The minimum atomic E-state index is -0.388. The lowest BCUT2D eigenvalue weighted by Crippen LogP contribution is -2.25. The molecule has 0 spiro atoms. The predicted octanol–water partition coefficient (Wildman–Crippen LogP) is 3.01. The Hall–Kier alpha value is -3.00. The molecule has 0 aromatic heterocycles. The highest BCUT2D eigenvalue weighted by molar-refractivity contribution is 5.67. The number of nitrogens with two attached hydrogens (primary N) is 1. The van der Waals surface area contributed by atoms with Crippen LogP contribution in [0.3, 0.4) is 0 Å². The monoisotopic (exact) mass is 312 g/mol. The fourth-order valence-electron chi connectivity index (χ4n) is 1.97. The Balaban J connectivity index is 2.09. The molecule has 0 saturated heterocycles. The number of hydrogen-bond acceptors (Lipinski definition) is 3. The number of methoxy groups -OCH3 is 1. The quantitative estimate of drug-likeness (QED) is 0.685. The lowest BCUT2D eigenvalue weighted by atomic mass is 10.1. The first kappa shape index (κ1) is 16.4. The molecule has 2 rings (SSSR count). The Morgan fingerprint density at radius 1 is 1.22 bits per heavy atom. The number of ether oxygens (including phenoxy) is 1. The van der Waals surface area contributed by atoms with Gasteiger partial charge in [-0.25, -0.2) is 9.18 Å². The molecule has 2 aromatic carbocycles. The average Bonchev–Trinajstić information content (AvgIpc) is 2.54. The van der Waals surface area contributed by atoms with Gasteiger partial charge in [0.05, 0.1) is 12.8 Å². The van der Waals surface area contributed by atoms with Crippen LogP contribution in [0.5, 0.6) is 0 Å². The van der Waals surface area contributed by atoms with Crippen molar-refractivity contribution in [1.29, 1.82) is 0 Å². The van der Waals surface area contributed by atoms with Crippen LogP contribution in [-0.2, 0) is 11.3 Å². The van der Waals surface area contributed by atoms with Crippen LogP contribution in [0.25, 0.3) is 0 Å². The number of carbonyl (C=O) groups excluding carboxylic acids is 1. The molecule has 23 heavy (non-hydrogen) atoms. The number of anilines is 1. The highest BCUT2D eigenvalue weighted by Gasteiger charge is 2.07. The summed E-state index contributed by atoms with van der Waals surface area (Å²) in [5.41, 5.74) is 8.38. The zero-order chi connectivity index (χ0) is 16.8. The third kappa shape index (κ3) is 4.48. The van der Waals surface area contributed by atoms with E-state index in [4.69, 9.17) is 5.73 Å². The van der Waals surface area contributed by atoms with Gasteiger partial charge in [0, 0.05) is 24.7 Å². The van der Waals surface area contributed by atoms with Gasteiger partial charge in [0.2, 0.25) is 0 Å². The molecule has 4 nitrogen and oxygen atoms in total. The topological polar surface area (TPSA) is 55.6 Å². The molecule has 0 radical (unpaired) electrons. The normalized spacial score (nSPS) is 9.70. The van der Waals surface area contributed by atoms with E-state index >= 15 is 0 Å². The van der Waals surface area contributed by atoms with E-state index < -0.39 is 0 Å². The van der Waals surface area contributed by atoms with Crippen molar-refractivity contribution in [3.8, 4) is 11.8 Å². The van der Waals surface area contributed by atoms with Crippen molar-refractivity contribution in [3.05, 3.63) is 65.0 Å². The van der Waals surface area contributed by atoms with Gasteiger partial charge in [0.25, 0.3) is 0 Å². The Kier molecular flexibility index (Phi) is 5.21. The first-order chi connectivity index (χ1) is 11.0. The largest absolute Gasteiger partial charge is 0.453 e. The number of nitrogen functional groups attached to an aromatic ring is 1. The lowest BCUT2D eigenvalue weighted by Gasteiger charge is -2.15. The maximum Gasteiger partial charge on any atom is 0.409 e. The molecule has 0 atom stereocenters. The SMILES string of the molecule is COC(=O)N(C)Cc1ccc(C#Cc2ccc(F)cc2N)cc1. The summed E-state index contributed by atoms with van der Waals surface area (Å²) in [6.45, 7) is 0.450. The molecule has 0 heterocycles. The fourth-order valence-corrected chi connectivity index (χ4v) is 1.97. The van der Waals surface area contributed by atoms with Crippen LogP contribution >= 0.6 is 0 Å².